The average Bonchev–Trinajstić information content (AvgIpc) is 3.27. The lowest BCUT2D eigenvalue weighted by Gasteiger charge is -2.20. The van der Waals surface area contributed by atoms with Gasteiger partial charge in [0.15, 0.2) is 0 Å². The number of aliphatic hydroxyl groups is 1. The molecule has 7 heteroatoms. The molecule has 1 aliphatic heterocycles. The molecule has 178 valence electrons. The van der Waals surface area contributed by atoms with Crippen molar-refractivity contribution < 1.29 is 19.4 Å². The lowest BCUT2D eigenvalue weighted by molar-refractivity contribution is 0.0285. The molecule has 3 aromatic carbocycles. The third kappa shape index (κ3) is 4.76. The standard InChI is InChI=1S/C28H26N2O5/c1-28(2,33)17-34-21-12-9-19-13-14-30(25(19)15-21)27(32)35-20-10-7-18(8-11-20)24-16-29-26(31)23-6-4-3-5-22(23)24/h3-12,15-16,33H,13-14,17H2,1-2H3,(H,29,31). The summed E-state index contributed by atoms with van der Waals surface area (Å²) in [5.74, 6) is 1.01. The monoisotopic (exact) mass is 470 g/mol. The number of fused-ring (bicyclic) bond motifs is 2. The van der Waals surface area contributed by atoms with Gasteiger partial charge in [-0.05, 0) is 61.0 Å². The number of ether oxygens (including phenoxy) is 2. The van der Waals surface area contributed by atoms with E-state index in [1.54, 1.807) is 49.2 Å². The minimum atomic E-state index is -0.953. The quantitative estimate of drug-likeness (QED) is 0.433. The van der Waals surface area contributed by atoms with E-state index in [-0.39, 0.29) is 12.2 Å². The molecule has 0 aliphatic carbocycles. The number of aromatic amines is 1. The van der Waals surface area contributed by atoms with E-state index in [0.717, 1.165) is 34.2 Å². The summed E-state index contributed by atoms with van der Waals surface area (Å²) in [6, 6.07) is 20.2. The maximum atomic E-state index is 13.0. The molecule has 0 spiro atoms. The molecular weight excluding hydrogens is 444 g/mol. The Morgan fingerprint density at radius 3 is 2.49 bits per heavy atom. The number of aromatic nitrogens is 1. The predicted molar refractivity (Wildman–Crippen MR) is 135 cm³/mol. The summed E-state index contributed by atoms with van der Waals surface area (Å²) in [5.41, 5.74) is 2.50. The van der Waals surface area contributed by atoms with Gasteiger partial charge in [-0.25, -0.2) is 4.79 Å². The normalized spacial score (nSPS) is 13.1. The van der Waals surface area contributed by atoms with Crippen molar-refractivity contribution in [3.63, 3.8) is 0 Å². The smallest absolute Gasteiger partial charge is 0.419 e. The first-order chi connectivity index (χ1) is 16.8. The Kier molecular flexibility index (Phi) is 5.78. The van der Waals surface area contributed by atoms with Crippen LogP contribution in [0.15, 0.2) is 77.7 Å². The molecular formula is C28H26N2O5. The van der Waals surface area contributed by atoms with Gasteiger partial charge in [0, 0.05) is 29.8 Å². The number of anilines is 1. The van der Waals surface area contributed by atoms with Crippen LogP contribution in [0, 0.1) is 0 Å². The van der Waals surface area contributed by atoms with Gasteiger partial charge in [0.1, 0.15) is 18.1 Å². The molecule has 0 saturated carbocycles. The summed E-state index contributed by atoms with van der Waals surface area (Å²) < 4.78 is 11.3. The van der Waals surface area contributed by atoms with Crippen LogP contribution in [0.3, 0.4) is 0 Å². The van der Waals surface area contributed by atoms with Crippen LogP contribution in [-0.2, 0) is 6.42 Å². The Labute approximate surface area is 202 Å². The van der Waals surface area contributed by atoms with Crippen LogP contribution < -0.4 is 19.9 Å². The molecule has 35 heavy (non-hydrogen) atoms. The Morgan fingerprint density at radius 1 is 1.03 bits per heavy atom. The molecule has 7 nitrogen and oxygen atoms in total. The number of H-pyrrole nitrogens is 1. The molecule has 0 atom stereocenters. The van der Waals surface area contributed by atoms with Crippen molar-refractivity contribution in [3.05, 3.63) is 88.8 Å². The zero-order chi connectivity index (χ0) is 24.6. The van der Waals surface area contributed by atoms with Crippen molar-refractivity contribution in [3.8, 4) is 22.6 Å². The van der Waals surface area contributed by atoms with Gasteiger partial charge in [-0.2, -0.15) is 0 Å². The summed E-state index contributed by atoms with van der Waals surface area (Å²) in [7, 11) is 0. The van der Waals surface area contributed by atoms with Gasteiger partial charge in [0.05, 0.1) is 11.3 Å². The largest absolute Gasteiger partial charge is 0.491 e. The van der Waals surface area contributed by atoms with Crippen molar-refractivity contribution in [2.45, 2.75) is 25.9 Å². The van der Waals surface area contributed by atoms with E-state index < -0.39 is 11.7 Å². The molecule has 2 N–H and O–H groups in total. The molecule has 1 amide bonds. The second kappa shape index (κ2) is 8.92. The Balaban J connectivity index is 1.33. The number of nitrogens with one attached hydrogen (secondary N) is 1. The van der Waals surface area contributed by atoms with Crippen LogP contribution in [0.25, 0.3) is 21.9 Å². The van der Waals surface area contributed by atoms with Crippen LogP contribution in [0.5, 0.6) is 11.5 Å². The van der Waals surface area contributed by atoms with Crippen LogP contribution in [0.4, 0.5) is 10.5 Å². The van der Waals surface area contributed by atoms with Gasteiger partial charge < -0.3 is 19.6 Å². The topological polar surface area (TPSA) is 91.9 Å². The third-order valence-corrected chi connectivity index (χ3v) is 5.94. The van der Waals surface area contributed by atoms with E-state index in [4.69, 9.17) is 9.47 Å². The molecule has 0 unspecified atom stereocenters. The molecule has 5 rings (SSSR count). The molecule has 4 aromatic rings. The van der Waals surface area contributed by atoms with Gasteiger partial charge in [0.25, 0.3) is 5.56 Å². The van der Waals surface area contributed by atoms with Crippen molar-refractivity contribution in [1.82, 2.24) is 4.98 Å². The summed E-state index contributed by atoms with van der Waals surface area (Å²) >= 11 is 0. The number of nitrogens with zero attached hydrogens (tertiary/aromatic N) is 1. The summed E-state index contributed by atoms with van der Waals surface area (Å²) in [6.07, 6.45) is 1.96. The van der Waals surface area contributed by atoms with Crippen LogP contribution >= 0.6 is 0 Å². The lowest BCUT2D eigenvalue weighted by Crippen LogP contribution is -2.32. The first-order valence-corrected chi connectivity index (χ1v) is 11.5. The highest BCUT2D eigenvalue weighted by Crippen LogP contribution is 2.33. The maximum Gasteiger partial charge on any atom is 0.419 e. The molecule has 0 bridgehead atoms. The van der Waals surface area contributed by atoms with E-state index in [0.29, 0.717) is 23.4 Å². The van der Waals surface area contributed by atoms with Crippen molar-refractivity contribution in [2.75, 3.05) is 18.1 Å². The second-order valence-electron chi connectivity index (χ2n) is 9.26. The van der Waals surface area contributed by atoms with Gasteiger partial charge in [-0.1, -0.05) is 36.4 Å². The fraction of sp³-hybridized carbons (Fsp3) is 0.214. The summed E-state index contributed by atoms with van der Waals surface area (Å²) in [6.45, 7) is 4.02. The van der Waals surface area contributed by atoms with Gasteiger partial charge in [-0.3, -0.25) is 9.69 Å². The van der Waals surface area contributed by atoms with E-state index >= 15 is 0 Å². The summed E-state index contributed by atoms with van der Waals surface area (Å²) in [5, 5.41) is 11.4. The molecule has 1 aromatic heterocycles. The number of hydrogen-bond donors (Lipinski definition) is 2. The SMILES string of the molecule is CC(C)(O)COc1ccc2c(c1)N(C(=O)Oc1ccc(-c3c[nH]c(=O)c4ccccc34)cc1)CC2. The maximum absolute atomic E-state index is 13.0. The third-order valence-electron chi connectivity index (χ3n) is 5.94. The predicted octanol–water partition coefficient (Wildman–Crippen LogP) is 4.91. The van der Waals surface area contributed by atoms with Gasteiger partial charge >= 0.3 is 6.09 Å². The minimum Gasteiger partial charge on any atom is -0.491 e. The molecule has 0 saturated heterocycles. The number of benzene rings is 3. The number of carbonyl (C=O) groups excluding carboxylic acids is 1. The van der Waals surface area contributed by atoms with Crippen LogP contribution in [-0.4, -0.2) is 34.9 Å². The Hall–Kier alpha value is -4.10. The number of pyridine rings is 1. The van der Waals surface area contributed by atoms with Gasteiger partial charge in [-0.15, -0.1) is 0 Å². The highest BCUT2D eigenvalue weighted by atomic mass is 16.6. The van der Waals surface area contributed by atoms with E-state index in [1.165, 1.54) is 0 Å². The first kappa shape index (κ1) is 22.7. The fourth-order valence-corrected chi connectivity index (χ4v) is 4.20. The average molecular weight is 471 g/mol. The van der Waals surface area contributed by atoms with E-state index in [2.05, 4.69) is 4.98 Å². The molecule has 1 aliphatic rings. The number of rotatable bonds is 5. The van der Waals surface area contributed by atoms with Crippen molar-refractivity contribution in [1.29, 1.82) is 0 Å². The zero-order valence-electron chi connectivity index (χ0n) is 19.6. The van der Waals surface area contributed by atoms with Crippen molar-refractivity contribution in [2.24, 2.45) is 0 Å². The highest BCUT2D eigenvalue weighted by molar-refractivity contribution is 5.96. The van der Waals surface area contributed by atoms with Crippen molar-refractivity contribution >= 4 is 22.6 Å². The number of carbonyl (C=O) groups is 1. The Morgan fingerprint density at radius 2 is 1.74 bits per heavy atom. The van der Waals surface area contributed by atoms with E-state index in [9.17, 15) is 14.7 Å². The zero-order valence-corrected chi connectivity index (χ0v) is 19.6. The minimum absolute atomic E-state index is 0.130. The highest BCUT2D eigenvalue weighted by Gasteiger charge is 2.27. The molecule has 0 fully saturated rings. The van der Waals surface area contributed by atoms with Gasteiger partial charge in [0.2, 0.25) is 0 Å². The molecule has 0 radical (unpaired) electrons. The first-order valence-electron chi connectivity index (χ1n) is 11.5. The fourth-order valence-electron chi connectivity index (χ4n) is 4.20. The van der Waals surface area contributed by atoms with E-state index in [1.807, 2.05) is 42.5 Å². The van der Waals surface area contributed by atoms with Crippen LogP contribution in [0.1, 0.15) is 19.4 Å². The lowest BCUT2D eigenvalue weighted by atomic mass is 10.0. The Bertz CT molecular complexity index is 1450. The number of amides is 1. The van der Waals surface area contributed by atoms with Crippen LogP contribution in [0.2, 0.25) is 0 Å². The molecule has 2 heterocycles. The number of hydrogen-bond acceptors (Lipinski definition) is 5. The second-order valence-corrected chi connectivity index (χ2v) is 9.26. The summed E-state index contributed by atoms with van der Waals surface area (Å²) in [4.78, 5) is 29.4.